The Bertz CT molecular complexity index is 501. The fraction of sp³-hybridized carbons (Fsp3) is 0.688. The summed E-state index contributed by atoms with van der Waals surface area (Å²) in [4.78, 5) is 14.7. The van der Waals surface area contributed by atoms with Crippen molar-refractivity contribution >= 4 is 17.6 Å². The van der Waals surface area contributed by atoms with Gasteiger partial charge in [-0.25, -0.2) is 15.0 Å². The molecule has 1 aliphatic heterocycles. The number of hydrogen-bond donors (Lipinski definition) is 0. The third kappa shape index (κ3) is 5.53. The van der Waals surface area contributed by atoms with Gasteiger partial charge in [-0.15, -0.1) is 0 Å². The molecule has 0 amide bonds. The highest BCUT2D eigenvalue weighted by Crippen LogP contribution is 2.20. The molecule has 128 valence electrons. The maximum Gasteiger partial charge on any atom is 0.287 e. The molecule has 1 aliphatic rings. The van der Waals surface area contributed by atoms with E-state index < -0.39 is 0 Å². The van der Waals surface area contributed by atoms with Gasteiger partial charge in [-0.05, 0) is 43.7 Å². The number of piperidine rings is 1. The second-order valence-electron chi connectivity index (χ2n) is 5.80. The number of aliphatic imine (C=N–C) groups is 1. The fourth-order valence-corrected chi connectivity index (χ4v) is 2.52. The number of ether oxygens (including phenoxy) is 2. The topological polar surface area (TPSA) is 59.8 Å². The predicted molar refractivity (Wildman–Crippen MR) is 91.0 cm³/mol. The van der Waals surface area contributed by atoms with E-state index >= 15 is 0 Å². The maximum atomic E-state index is 5.74. The molecule has 0 N–H and O–H groups in total. The quantitative estimate of drug-likeness (QED) is 0.468. The van der Waals surface area contributed by atoms with E-state index in [2.05, 4.69) is 33.7 Å². The second-order valence-corrected chi connectivity index (χ2v) is 6.14. The molecule has 1 fully saturated rings. The Morgan fingerprint density at radius 1 is 1.39 bits per heavy atom. The minimum Gasteiger partial charge on any atom is -0.490 e. The standard InChI is InChI=1S/C16H25ClN4O2/c1-4-12(2)20-16(22-3)21-7-5-13(6-8-21)11-23-14-9-18-15(17)19-10-14/h9-10,12-13H,4-8,11H2,1-3H3/b20-16-. The minimum atomic E-state index is 0.235. The zero-order valence-corrected chi connectivity index (χ0v) is 14.8. The van der Waals surface area contributed by atoms with E-state index in [-0.39, 0.29) is 11.3 Å². The summed E-state index contributed by atoms with van der Waals surface area (Å²) in [5.74, 6) is 1.18. The summed E-state index contributed by atoms with van der Waals surface area (Å²) < 4.78 is 11.2. The van der Waals surface area contributed by atoms with Crippen LogP contribution in [0.1, 0.15) is 33.1 Å². The Morgan fingerprint density at radius 2 is 2.04 bits per heavy atom. The van der Waals surface area contributed by atoms with Crippen molar-refractivity contribution in [2.45, 2.75) is 39.2 Å². The predicted octanol–water partition coefficient (Wildman–Crippen LogP) is 3.02. The Hall–Kier alpha value is -1.56. The van der Waals surface area contributed by atoms with Gasteiger partial charge in [-0.3, -0.25) is 0 Å². The monoisotopic (exact) mass is 340 g/mol. The van der Waals surface area contributed by atoms with Gasteiger partial charge in [0.2, 0.25) is 5.28 Å². The Balaban J connectivity index is 1.79. The molecule has 0 bridgehead atoms. The van der Waals surface area contributed by atoms with Gasteiger partial charge >= 0.3 is 0 Å². The first-order valence-corrected chi connectivity index (χ1v) is 8.47. The molecule has 1 atom stereocenters. The average molecular weight is 341 g/mol. The lowest BCUT2D eigenvalue weighted by Gasteiger charge is -2.33. The largest absolute Gasteiger partial charge is 0.490 e. The number of amidine groups is 1. The third-order valence-electron chi connectivity index (χ3n) is 4.07. The van der Waals surface area contributed by atoms with Crippen molar-refractivity contribution in [3.8, 4) is 5.75 Å². The van der Waals surface area contributed by atoms with Gasteiger partial charge in [0, 0.05) is 13.1 Å². The van der Waals surface area contributed by atoms with Gasteiger partial charge in [-0.1, -0.05) is 6.92 Å². The number of rotatable bonds is 5. The summed E-state index contributed by atoms with van der Waals surface area (Å²) in [6.45, 7) is 6.78. The van der Waals surface area contributed by atoms with E-state index in [9.17, 15) is 0 Å². The van der Waals surface area contributed by atoms with Crippen LogP contribution in [0.3, 0.4) is 0 Å². The lowest BCUT2D eigenvalue weighted by atomic mass is 9.98. The zero-order valence-electron chi connectivity index (χ0n) is 14.0. The van der Waals surface area contributed by atoms with Gasteiger partial charge in [-0.2, -0.15) is 0 Å². The Labute approximate surface area is 142 Å². The van der Waals surface area contributed by atoms with Crippen molar-refractivity contribution in [2.24, 2.45) is 10.9 Å². The summed E-state index contributed by atoms with van der Waals surface area (Å²) in [6, 6.07) is 1.04. The van der Waals surface area contributed by atoms with Crippen molar-refractivity contribution in [3.05, 3.63) is 17.7 Å². The van der Waals surface area contributed by atoms with Gasteiger partial charge in [0.05, 0.1) is 32.2 Å². The van der Waals surface area contributed by atoms with Crippen molar-refractivity contribution in [1.82, 2.24) is 14.9 Å². The molecule has 6 nitrogen and oxygen atoms in total. The molecule has 0 aromatic carbocycles. The smallest absolute Gasteiger partial charge is 0.287 e. The van der Waals surface area contributed by atoms with E-state index in [4.69, 9.17) is 21.1 Å². The van der Waals surface area contributed by atoms with Crippen LogP contribution < -0.4 is 4.74 Å². The first kappa shape index (κ1) is 17.8. The number of nitrogens with zero attached hydrogens (tertiary/aromatic N) is 4. The van der Waals surface area contributed by atoms with Crippen LogP contribution in [0.5, 0.6) is 5.75 Å². The number of methoxy groups -OCH3 is 1. The normalized spacial score (nSPS) is 17.9. The molecular weight excluding hydrogens is 316 g/mol. The summed E-state index contributed by atoms with van der Waals surface area (Å²) in [5, 5.41) is 0.235. The van der Waals surface area contributed by atoms with Crippen LogP contribution in [-0.2, 0) is 4.74 Å². The van der Waals surface area contributed by atoms with Gasteiger partial charge in [0.25, 0.3) is 6.02 Å². The van der Waals surface area contributed by atoms with Crippen molar-refractivity contribution < 1.29 is 9.47 Å². The summed E-state index contributed by atoms with van der Waals surface area (Å²) in [5.41, 5.74) is 0. The van der Waals surface area contributed by atoms with Crippen LogP contribution in [0.4, 0.5) is 0 Å². The number of halogens is 1. The lowest BCUT2D eigenvalue weighted by Crippen LogP contribution is -2.41. The van der Waals surface area contributed by atoms with Crippen molar-refractivity contribution in [1.29, 1.82) is 0 Å². The fourth-order valence-electron chi connectivity index (χ4n) is 2.42. The van der Waals surface area contributed by atoms with E-state index in [1.54, 1.807) is 19.5 Å². The van der Waals surface area contributed by atoms with Gasteiger partial charge < -0.3 is 14.4 Å². The Morgan fingerprint density at radius 3 is 2.61 bits per heavy atom. The molecule has 2 rings (SSSR count). The van der Waals surface area contributed by atoms with E-state index in [1.807, 2.05) is 0 Å². The summed E-state index contributed by atoms with van der Waals surface area (Å²) in [7, 11) is 1.69. The van der Waals surface area contributed by atoms with Gasteiger partial charge in [0.15, 0.2) is 5.75 Å². The van der Waals surface area contributed by atoms with Crippen LogP contribution in [-0.4, -0.2) is 53.7 Å². The van der Waals surface area contributed by atoms with Crippen LogP contribution in [0.2, 0.25) is 5.28 Å². The van der Waals surface area contributed by atoms with Gasteiger partial charge in [0.1, 0.15) is 0 Å². The molecule has 7 heteroatoms. The van der Waals surface area contributed by atoms with Crippen LogP contribution in [0, 0.1) is 5.92 Å². The van der Waals surface area contributed by atoms with Crippen molar-refractivity contribution in [3.63, 3.8) is 0 Å². The molecule has 0 spiro atoms. The molecule has 1 saturated heterocycles. The molecule has 0 radical (unpaired) electrons. The van der Waals surface area contributed by atoms with Crippen molar-refractivity contribution in [2.75, 3.05) is 26.8 Å². The molecule has 1 aromatic heterocycles. The number of likely N-dealkylation sites (tertiary alicyclic amines) is 1. The molecular formula is C16H25ClN4O2. The highest BCUT2D eigenvalue weighted by molar-refractivity contribution is 6.28. The number of aromatic nitrogens is 2. The molecule has 0 saturated carbocycles. The number of hydrogen-bond acceptors (Lipinski definition) is 5. The zero-order chi connectivity index (χ0) is 16.7. The summed E-state index contributed by atoms with van der Waals surface area (Å²) >= 11 is 5.66. The second kappa shape index (κ2) is 8.91. The van der Waals surface area contributed by atoms with E-state index in [0.29, 0.717) is 18.3 Å². The minimum absolute atomic E-state index is 0.235. The first-order valence-electron chi connectivity index (χ1n) is 8.09. The molecule has 1 aromatic rings. The van der Waals surface area contributed by atoms with Crippen LogP contribution in [0.15, 0.2) is 17.4 Å². The maximum absolute atomic E-state index is 5.74. The first-order chi connectivity index (χ1) is 11.1. The SMILES string of the molecule is CCC(C)/N=C(\OC)N1CCC(COc2cnc(Cl)nc2)CC1. The highest BCUT2D eigenvalue weighted by Gasteiger charge is 2.23. The molecule has 23 heavy (non-hydrogen) atoms. The van der Waals surface area contributed by atoms with Crippen LogP contribution >= 0.6 is 11.6 Å². The lowest BCUT2D eigenvalue weighted by molar-refractivity contribution is 0.162. The van der Waals surface area contributed by atoms with E-state index in [0.717, 1.165) is 38.4 Å². The molecule has 2 heterocycles. The highest BCUT2D eigenvalue weighted by atomic mass is 35.5. The third-order valence-corrected chi connectivity index (χ3v) is 4.27. The average Bonchev–Trinajstić information content (AvgIpc) is 2.59. The summed E-state index contributed by atoms with van der Waals surface area (Å²) in [6.07, 6.45) is 6.33. The van der Waals surface area contributed by atoms with Crippen LogP contribution in [0.25, 0.3) is 0 Å². The molecule has 1 unspecified atom stereocenters. The molecule has 0 aliphatic carbocycles. The van der Waals surface area contributed by atoms with E-state index in [1.165, 1.54) is 0 Å². The Kier molecular flexibility index (Phi) is 6.89.